The molecule has 3 heterocycles. The predicted octanol–water partition coefficient (Wildman–Crippen LogP) is 3.11. The highest BCUT2D eigenvalue weighted by Gasteiger charge is 2.25. The lowest BCUT2D eigenvalue weighted by Crippen LogP contribution is -2.33. The fraction of sp³-hybridized carbons (Fsp3) is 0.304. The van der Waals surface area contributed by atoms with Crippen molar-refractivity contribution in [3.05, 3.63) is 64.3 Å². The number of rotatable bonds is 6. The fourth-order valence-electron chi connectivity index (χ4n) is 3.82. The molecule has 1 atom stereocenters. The number of nitriles is 1. The van der Waals surface area contributed by atoms with E-state index in [0.29, 0.717) is 29.4 Å². The third-order valence-corrected chi connectivity index (χ3v) is 6.48. The van der Waals surface area contributed by atoms with Gasteiger partial charge in [0.2, 0.25) is 5.91 Å². The lowest BCUT2D eigenvalue weighted by atomic mass is 9.94. The van der Waals surface area contributed by atoms with Crippen molar-refractivity contribution in [3.8, 4) is 16.5 Å². The van der Waals surface area contributed by atoms with Crippen LogP contribution in [0.25, 0.3) is 10.4 Å². The molecule has 2 N–H and O–H groups in total. The van der Waals surface area contributed by atoms with E-state index in [0.717, 1.165) is 41.1 Å². The number of amides is 2. The van der Waals surface area contributed by atoms with E-state index >= 15 is 0 Å². The molecule has 158 valence electrons. The van der Waals surface area contributed by atoms with E-state index in [9.17, 15) is 9.59 Å². The van der Waals surface area contributed by atoms with E-state index in [1.807, 2.05) is 41.1 Å². The smallest absolute Gasteiger partial charge is 0.255 e. The maximum absolute atomic E-state index is 12.9. The van der Waals surface area contributed by atoms with Crippen molar-refractivity contribution in [1.82, 2.24) is 20.4 Å². The number of thiophene rings is 1. The number of hydrogen-bond donors (Lipinski definition) is 2. The van der Waals surface area contributed by atoms with Crippen LogP contribution in [0.4, 0.5) is 0 Å². The molecule has 1 aromatic carbocycles. The van der Waals surface area contributed by atoms with Gasteiger partial charge in [0.05, 0.1) is 17.5 Å². The van der Waals surface area contributed by atoms with Gasteiger partial charge in [-0.25, -0.2) is 0 Å². The SMILES string of the molecule is CC(=O)NCC1CCn2ncc(C(=O)NCc3cccc(-c4ccc(C#N)s4)c3)c2C1. The molecule has 8 heteroatoms. The van der Waals surface area contributed by atoms with E-state index in [1.165, 1.54) is 18.3 Å². The fourth-order valence-corrected chi connectivity index (χ4v) is 4.62. The highest BCUT2D eigenvalue weighted by atomic mass is 32.1. The first-order valence-electron chi connectivity index (χ1n) is 10.2. The van der Waals surface area contributed by atoms with Gasteiger partial charge < -0.3 is 10.6 Å². The molecule has 1 aliphatic heterocycles. The van der Waals surface area contributed by atoms with E-state index in [2.05, 4.69) is 21.8 Å². The van der Waals surface area contributed by atoms with Gasteiger partial charge in [0, 0.05) is 31.4 Å². The first-order valence-corrected chi connectivity index (χ1v) is 11.0. The van der Waals surface area contributed by atoms with E-state index < -0.39 is 0 Å². The second-order valence-corrected chi connectivity index (χ2v) is 8.77. The Morgan fingerprint density at radius 1 is 1.29 bits per heavy atom. The first-order chi connectivity index (χ1) is 15.0. The van der Waals surface area contributed by atoms with Gasteiger partial charge in [0.25, 0.3) is 5.91 Å². The number of carbonyl (C=O) groups is 2. The predicted molar refractivity (Wildman–Crippen MR) is 118 cm³/mol. The molecule has 0 bridgehead atoms. The number of nitrogens with zero attached hydrogens (tertiary/aromatic N) is 3. The molecular weight excluding hydrogens is 410 g/mol. The maximum Gasteiger partial charge on any atom is 0.255 e. The second-order valence-electron chi connectivity index (χ2n) is 7.68. The molecule has 3 aromatic rings. The molecule has 31 heavy (non-hydrogen) atoms. The van der Waals surface area contributed by atoms with Crippen molar-refractivity contribution >= 4 is 23.2 Å². The van der Waals surface area contributed by atoms with Gasteiger partial charge in [-0.1, -0.05) is 18.2 Å². The number of aromatic nitrogens is 2. The number of benzene rings is 1. The van der Waals surface area contributed by atoms with Crippen molar-refractivity contribution < 1.29 is 9.59 Å². The van der Waals surface area contributed by atoms with Crippen LogP contribution in [0, 0.1) is 17.2 Å². The average Bonchev–Trinajstić information content (AvgIpc) is 3.43. The molecule has 0 radical (unpaired) electrons. The summed E-state index contributed by atoms with van der Waals surface area (Å²) in [5, 5.41) is 19.3. The van der Waals surface area contributed by atoms with Crippen LogP contribution in [0.15, 0.2) is 42.6 Å². The molecule has 0 spiro atoms. The van der Waals surface area contributed by atoms with Gasteiger partial charge in [0.1, 0.15) is 10.9 Å². The number of aryl methyl sites for hydroxylation is 1. The standard InChI is InChI=1S/C23H23N5O2S/c1-15(29)25-12-17-7-8-28-21(10-17)20(14-27-28)23(30)26-13-16-3-2-4-18(9-16)22-6-5-19(11-24)31-22/h2-6,9,14,17H,7-8,10,12-13H2,1H3,(H,25,29)(H,26,30). The molecule has 0 aliphatic carbocycles. The van der Waals surface area contributed by atoms with Crippen LogP contribution in [0.3, 0.4) is 0 Å². The maximum atomic E-state index is 12.9. The monoisotopic (exact) mass is 433 g/mol. The summed E-state index contributed by atoms with van der Waals surface area (Å²) in [5.74, 6) is 0.126. The van der Waals surface area contributed by atoms with Crippen LogP contribution in [0.5, 0.6) is 0 Å². The third kappa shape index (κ3) is 4.84. The molecule has 2 aromatic heterocycles. The Morgan fingerprint density at radius 3 is 2.94 bits per heavy atom. The quantitative estimate of drug-likeness (QED) is 0.624. The molecule has 1 unspecified atom stereocenters. The molecular formula is C23H23N5O2S. The van der Waals surface area contributed by atoms with Crippen molar-refractivity contribution in [2.24, 2.45) is 5.92 Å². The average molecular weight is 434 g/mol. The van der Waals surface area contributed by atoms with Gasteiger partial charge in [-0.05, 0) is 48.1 Å². The van der Waals surface area contributed by atoms with Gasteiger partial charge in [-0.15, -0.1) is 11.3 Å². The van der Waals surface area contributed by atoms with Crippen LogP contribution < -0.4 is 10.6 Å². The van der Waals surface area contributed by atoms with Crippen LogP contribution in [0.1, 0.15) is 39.8 Å². The summed E-state index contributed by atoms with van der Waals surface area (Å²) >= 11 is 1.45. The van der Waals surface area contributed by atoms with Gasteiger partial charge >= 0.3 is 0 Å². The highest BCUT2D eigenvalue weighted by Crippen LogP contribution is 2.28. The van der Waals surface area contributed by atoms with Crippen LogP contribution in [-0.4, -0.2) is 28.1 Å². The van der Waals surface area contributed by atoms with Crippen LogP contribution in [0.2, 0.25) is 0 Å². The summed E-state index contributed by atoms with van der Waals surface area (Å²) in [7, 11) is 0. The first kappa shape index (κ1) is 20.8. The van der Waals surface area contributed by atoms with Crippen molar-refractivity contribution in [2.45, 2.75) is 32.9 Å². The molecule has 0 fully saturated rings. The normalized spacial score (nSPS) is 15.0. The van der Waals surface area contributed by atoms with E-state index in [4.69, 9.17) is 5.26 Å². The summed E-state index contributed by atoms with van der Waals surface area (Å²) in [4.78, 5) is 25.8. The van der Waals surface area contributed by atoms with Gasteiger partial charge in [0.15, 0.2) is 0 Å². The Hall–Kier alpha value is -3.44. The van der Waals surface area contributed by atoms with Crippen LogP contribution in [-0.2, 0) is 24.3 Å². The van der Waals surface area contributed by atoms with Gasteiger partial charge in [-0.2, -0.15) is 10.4 Å². The summed E-state index contributed by atoms with van der Waals surface area (Å²) in [6.45, 7) is 3.29. The Balaban J connectivity index is 1.41. The lowest BCUT2D eigenvalue weighted by Gasteiger charge is -2.24. The molecule has 0 saturated carbocycles. The molecule has 1 aliphatic rings. The number of nitrogens with one attached hydrogen (secondary N) is 2. The summed E-state index contributed by atoms with van der Waals surface area (Å²) in [6, 6.07) is 13.9. The molecule has 0 saturated heterocycles. The number of carbonyl (C=O) groups excluding carboxylic acids is 2. The zero-order valence-electron chi connectivity index (χ0n) is 17.2. The van der Waals surface area contributed by atoms with Gasteiger partial charge in [-0.3, -0.25) is 14.3 Å². The second kappa shape index (κ2) is 9.14. The molecule has 2 amide bonds. The van der Waals surface area contributed by atoms with E-state index in [1.54, 1.807) is 6.20 Å². The Bertz CT molecular complexity index is 1160. The Morgan fingerprint density at radius 2 is 2.16 bits per heavy atom. The minimum Gasteiger partial charge on any atom is -0.356 e. The summed E-state index contributed by atoms with van der Waals surface area (Å²) in [5.41, 5.74) is 3.54. The summed E-state index contributed by atoms with van der Waals surface area (Å²) in [6.07, 6.45) is 3.29. The minimum absolute atomic E-state index is 0.0364. The zero-order valence-corrected chi connectivity index (χ0v) is 18.0. The minimum atomic E-state index is -0.144. The Labute approximate surface area is 184 Å². The molecule has 4 rings (SSSR count). The Kier molecular flexibility index (Phi) is 6.14. The van der Waals surface area contributed by atoms with Crippen molar-refractivity contribution in [2.75, 3.05) is 6.54 Å². The molecule has 7 nitrogen and oxygen atoms in total. The van der Waals surface area contributed by atoms with Crippen molar-refractivity contribution in [3.63, 3.8) is 0 Å². The number of fused-ring (bicyclic) bond motifs is 1. The topological polar surface area (TPSA) is 99.8 Å². The summed E-state index contributed by atoms with van der Waals surface area (Å²) < 4.78 is 1.89. The van der Waals surface area contributed by atoms with E-state index in [-0.39, 0.29) is 11.8 Å². The lowest BCUT2D eigenvalue weighted by molar-refractivity contribution is -0.119. The third-order valence-electron chi connectivity index (χ3n) is 5.44. The van der Waals surface area contributed by atoms with Crippen molar-refractivity contribution in [1.29, 1.82) is 5.26 Å². The highest BCUT2D eigenvalue weighted by molar-refractivity contribution is 7.16. The zero-order chi connectivity index (χ0) is 21.8. The van der Waals surface area contributed by atoms with Crippen LogP contribution >= 0.6 is 11.3 Å². The largest absolute Gasteiger partial charge is 0.356 e. The number of hydrogen-bond acceptors (Lipinski definition) is 5.